The molecule has 0 fully saturated rings. The van der Waals surface area contributed by atoms with E-state index in [0.29, 0.717) is 29.8 Å². The quantitative estimate of drug-likeness (QED) is 0.531. The van der Waals surface area contributed by atoms with Crippen LogP contribution in [0.25, 0.3) is 11.3 Å². The standard InChI is InChI=1S/C20H16FN7/c21-16-5-3-14(4-6-16)11-25-20-26-17(15-2-1-7-22-12-15)10-18(28-20)27-19-13-23-8-9-24-19/h1-10,12-13H,11H2,(H2,24,25,26,27,28). The predicted octanol–water partition coefficient (Wildman–Crippen LogP) is 3.82. The molecule has 28 heavy (non-hydrogen) atoms. The third-order valence-electron chi connectivity index (χ3n) is 3.87. The van der Waals surface area contributed by atoms with Crippen LogP contribution >= 0.6 is 0 Å². The van der Waals surface area contributed by atoms with Crippen molar-refractivity contribution < 1.29 is 4.39 Å². The molecule has 0 bridgehead atoms. The highest BCUT2D eigenvalue weighted by molar-refractivity contribution is 5.65. The molecule has 0 aliphatic carbocycles. The summed E-state index contributed by atoms with van der Waals surface area (Å²) >= 11 is 0. The van der Waals surface area contributed by atoms with Gasteiger partial charge in [0.15, 0.2) is 0 Å². The van der Waals surface area contributed by atoms with Gasteiger partial charge in [0.1, 0.15) is 17.5 Å². The fourth-order valence-electron chi connectivity index (χ4n) is 2.53. The minimum absolute atomic E-state index is 0.269. The summed E-state index contributed by atoms with van der Waals surface area (Å²) in [5, 5.41) is 6.30. The van der Waals surface area contributed by atoms with E-state index in [2.05, 4.69) is 35.6 Å². The second kappa shape index (κ2) is 8.17. The summed E-state index contributed by atoms with van der Waals surface area (Å²) in [5.41, 5.74) is 2.48. The molecule has 4 aromatic rings. The van der Waals surface area contributed by atoms with Crippen LogP contribution in [0.3, 0.4) is 0 Å². The molecule has 0 spiro atoms. The summed E-state index contributed by atoms with van der Waals surface area (Å²) in [6, 6.07) is 11.9. The average Bonchev–Trinajstić information content (AvgIpc) is 2.75. The molecule has 0 aliphatic heterocycles. The molecule has 4 rings (SSSR count). The zero-order chi connectivity index (χ0) is 19.2. The summed E-state index contributed by atoms with van der Waals surface area (Å²) in [6.07, 6.45) is 8.24. The van der Waals surface area contributed by atoms with Crippen LogP contribution in [-0.2, 0) is 6.54 Å². The highest BCUT2D eigenvalue weighted by Gasteiger charge is 2.08. The smallest absolute Gasteiger partial charge is 0.225 e. The number of benzene rings is 1. The minimum atomic E-state index is -0.269. The molecule has 3 aromatic heterocycles. The monoisotopic (exact) mass is 373 g/mol. The molecule has 0 saturated carbocycles. The van der Waals surface area contributed by atoms with Crippen LogP contribution < -0.4 is 10.6 Å². The predicted molar refractivity (Wildman–Crippen MR) is 104 cm³/mol. The maximum atomic E-state index is 13.1. The summed E-state index contributed by atoms with van der Waals surface area (Å²) in [6.45, 7) is 0.460. The van der Waals surface area contributed by atoms with Crippen LogP contribution in [0.2, 0.25) is 0 Å². The third kappa shape index (κ3) is 4.42. The molecule has 138 valence electrons. The Morgan fingerprint density at radius 1 is 0.857 bits per heavy atom. The van der Waals surface area contributed by atoms with Crippen LogP contribution in [0.1, 0.15) is 5.56 Å². The van der Waals surface area contributed by atoms with Crippen LogP contribution in [-0.4, -0.2) is 24.9 Å². The van der Waals surface area contributed by atoms with E-state index in [1.165, 1.54) is 12.1 Å². The van der Waals surface area contributed by atoms with E-state index < -0.39 is 0 Å². The van der Waals surface area contributed by atoms with Crippen molar-refractivity contribution in [1.82, 2.24) is 24.9 Å². The van der Waals surface area contributed by atoms with Crippen molar-refractivity contribution in [3.05, 3.63) is 84.8 Å². The molecular weight excluding hydrogens is 357 g/mol. The SMILES string of the molecule is Fc1ccc(CNc2nc(Nc3cnccn3)cc(-c3cccnc3)n2)cc1. The first-order chi connectivity index (χ1) is 13.8. The highest BCUT2D eigenvalue weighted by atomic mass is 19.1. The van der Waals surface area contributed by atoms with E-state index in [0.717, 1.165) is 11.1 Å². The van der Waals surface area contributed by atoms with Gasteiger partial charge in [0.2, 0.25) is 5.95 Å². The topological polar surface area (TPSA) is 88.5 Å². The van der Waals surface area contributed by atoms with E-state index in [-0.39, 0.29) is 5.82 Å². The Bertz CT molecular complexity index is 1040. The third-order valence-corrected chi connectivity index (χ3v) is 3.87. The molecule has 2 N–H and O–H groups in total. The number of aromatic nitrogens is 5. The van der Waals surface area contributed by atoms with Gasteiger partial charge in [0.05, 0.1) is 11.9 Å². The first kappa shape index (κ1) is 17.5. The average molecular weight is 373 g/mol. The number of nitrogens with zero attached hydrogens (tertiary/aromatic N) is 5. The van der Waals surface area contributed by atoms with E-state index in [1.807, 2.05) is 18.2 Å². The Balaban J connectivity index is 1.62. The fraction of sp³-hybridized carbons (Fsp3) is 0.0500. The van der Waals surface area contributed by atoms with Gasteiger partial charge in [0, 0.05) is 43.0 Å². The van der Waals surface area contributed by atoms with E-state index in [4.69, 9.17) is 0 Å². The molecule has 1 aromatic carbocycles. The molecule has 8 heteroatoms. The lowest BCUT2D eigenvalue weighted by Gasteiger charge is -2.11. The molecular formula is C20H16FN7. The zero-order valence-electron chi connectivity index (χ0n) is 14.7. The molecule has 0 atom stereocenters. The Kier molecular flexibility index (Phi) is 5.10. The number of pyridine rings is 1. The summed E-state index contributed by atoms with van der Waals surface area (Å²) < 4.78 is 13.1. The van der Waals surface area contributed by atoms with Gasteiger partial charge in [-0.05, 0) is 29.8 Å². The Morgan fingerprint density at radius 2 is 1.71 bits per heavy atom. The lowest BCUT2D eigenvalue weighted by Crippen LogP contribution is -2.07. The second-order valence-electron chi connectivity index (χ2n) is 5.90. The summed E-state index contributed by atoms with van der Waals surface area (Å²) in [5.74, 6) is 1.30. The zero-order valence-corrected chi connectivity index (χ0v) is 14.7. The maximum absolute atomic E-state index is 13.1. The molecule has 0 radical (unpaired) electrons. The van der Waals surface area contributed by atoms with E-state index in [9.17, 15) is 4.39 Å². The molecule has 7 nitrogen and oxygen atoms in total. The van der Waals surface area contributed by atoms with E-state index in [1.54, 1.807) is 43.1 Å². The van der Waals surface area contributed by atoms with Crippen LogP contribution in [0.15, 0.2) is 73.4 Å². The van der Waals surface area contributed by atoms with E-state index >= 15 is 0 Å². The van der Waals surface area contributed by atoms with Crippen molar-refractivity contribution in [1.29, 1.82) is 0 Å². The van der Waals surface area contributed by atoms with Gasteiger partial charge in [-0.25, -0.2) is 14.4 Å². The molecule has 0 amide bonds. The minimum Gasteiger partial charge on any atom is -0.350 e. The van der Waals surface area contributed by atoms with Gasteiger partial charge in [-0.3, -0.25) is 9.97 Å². The number of hydrogen-bond donors (Lipinski definition) is 2. The Hall–Kier alpha value is -3.94. The molecule has 3 heterocycles. The van der Waals surface area contributed by atoms with Crippen LogP contribution in [0.4, 0.5) is 22.0 Å². The van der Waals surface area contributed by atoms with Gasteiger partial charge in [-0.15, -0.1) is 0 Å². The number of rotatable bonds is 6. The van der Waals surface area contributed by atoms with Crippen LogP contribution in [0.5, 0.6) is 0 Å². The molecule has 0 aliphatic rings. The lowest BCUT2D eigenvalue weighted by atomic mass is 10.2. The molecule has 0 unspecified atom stereocenters. The first-order valence-electron chi connectivity index (χ1n) is 8.57. The number of nitrogens with one attached hydrogen (secondary N) is 2. The number of hydrogen-bond acceptors (Lipinski definition) is 7. The summed E-state index contributed by atoms with van der Waals surface area (Å²) in [4.78, 5) is 21.5. The maximum Gasteiger partial charge on any atom is 0.225 e. The van der Waals surface area contributed by atoms with Gasteiger partial charge in [0.25, 0.3) is 0 Å². The lowest BCUT2D eigenvalue weighted by molar-refractivity contribution is 0.627. The van der Waals surface area contributed by atoms with Crippen LogP contribution in [0, 0.1) is 5.82 Å². The number of halogens is 1. The van der Waals surface area contributed by atoms with Crippen molar-refractivity contribution in [2.75, 3.05) is 10.6 Å². The number of anilines is 3. The Morgan fingerprint density at radius 3 is 2.46 bits per heavy atom. The van der Waals surface area contributed by atoms with Crippen molar-refractivity contribution >= 4 is 17.6 Å². The molecule has 0 saturated heterocycles. The van der Waals surface area contributed by atoms with Crippen molar-refractivity contribution in [3.63, 3.8) is 0 Å². The normalized spacial score (nSPS) is 10.5. The van der Waals surface area contributed by atoms with Gasteiger partial charge in [-0.1, -0.05) is 12.1 Å². The summed E-state index contributed by atoms with van der Waals surface area (Å²) in [7, 11) is 0. The fourth-order valence-corrected chi connectivity index (χ4v) is 2.53. The van der Waals surface area contributed by atoms with Gasteiger partial charge < -0.3 is 10.6 Å². The van der Waals surface area contributed by atoms with Crippen molar-refractivity contribution in [3.8, 4) is 11.3 Å². The largest absolute Gasteiger partial charge is 0.350 e. The second-order valence-corrected chi connectivity index (χ2v) is 5.90. The van der Waals surface area contributed by atoms with Crippen molar-refractivity contribution in [2.24, 2.45) is 0 Å². The van der Waals surface area contributed by atoms with Gasteiger partial charge in [-0.2, -0.15) is 4.98 Å². The Labute approximate surface area is 160 Å². The van der Waals surface area contributed by atoms with Crippen molar-refractivity contribution in [2.45, 2.75) is 6.54 Å². The first-order valence-corrected chi connectivity index (χ1v) is 8.57. The highest BCUT2D eigenvalue weighted by Crippen LogP contribution is 2.22. The van der Waals surface area contributed by atoms with Gasteiger partial charge >= 0.3 is 0 Å².